The van der Waals surface area contributed by atoms with Crippen molar-refractivity contribution >= 4 is 22.9 Å². The smallest absolute Gasteiger partial charge is 0.254 e. The van der Waals surface area contributed by atoms with Crippen LogP contribution in [-0.4, -0.2) is 58.4 Å². The fourth-order valence-corrected chi connectivity index (χ4v) is 4.22. The van der Waals surface area contributed by atoms with Crippen LogP contribution in [0.4, 0.5) is 0 Å². The molecule has 4 aromatic rings. The van der Waals surface area contributed by atoms with Crippen molar-refractivity contribution < 1.29 is 4.79 Å². The molecule has 3 heterocycles. The van der Waals surface area contributed by atoms with Gasteiger partial charge >= 0.3 is 0 Å². The number of nitrogens with zero attached hydrogens (tertiary/aromatic N) is 4. The first-order chi connectivity index (χ1) is 16.3. The lowest BCUT2D eigenvalue weighted by Crippen LogP contribution is -2.48. The lowest BCUT2D eigenvalue weighted by Gasteiger charge is -2.34. The summed E-state index contributed by atoms with van der Waals surface area (Å²) in [5, 5.41) is 0.892. The average Bonchev–Trinajstić information content (AvgIpc) is 2.89. The van der Waals surface area contributed by atoms with Crippen LogP contribution in [0.2, 0.25) is 0 Å². The molecule has 5 heteroatoms. The van der Waals surface area contributed by atoms with Crippen LogP contribution in [0.5, 0.6) is 0 Å². The van der Waals surface area contributed by atoms with Crippen molar-refractivity contribution in [3.8, 4) is 11.3 Å². The van der Waals surface area contributed by atoms with Crippen LogP contribution in [0.3, 0.4) is 0 Å². The summed E-state index contributed by atoms with van der Waals surface area (Å²) in [5.41, 5.74) is 4.42. The van der Waals surface area contributed by atoms with E-state index >= 15 is 0 Å². The van der Waals surface area contributed by atoms with Crippen molar-refractivity contribution in [3.05, 3.63) is 102 Å². The number of amides is 1. The van der Waals surface area contributed by atoms with Crippen LogP contribution in [0.1, 0.15) is 15.9 Å². The number of carbonyl (C=O) groups excluding carboxylic acids is 1. The predicted octanol–water partition coefficient (Wildman–Crippen LogP) is 4.77. The highest BCUT2D eigenvalue weighted by Gasteiger charge is 2.24. The first kappa shape index (κ1) is 21.0. The summed E-state index contributed by atoms with van der Waals surface area (Å²) in [6.45, 7) is 4.06. The van der Waals surface area contributed by atoms with Gasteiger partial charge in [-0.1, -0.05) is 60.7 Å². The maximum Gasteiger partial charge on any atom is 0.254 e. The molecule has 2 aromatic heterocycles. The van der Waals surface area contributed by atoms with Crippen molar-refractivity contribution in [2.75, 3.05) is 32.7 Å². The molecular formula is C28H26N4O. The topological polar surface area (TPSA) is 49.3 Å². The number of fused-ring (bicyclic) bond motifs is 1. The van der Waals surface area contributed by atoms with E-state index in [1.807, 2.05) is 65.6 Å². The molecule has 0 spiro atoms. The Morgan fingerprint density at radius 1 is 0.909 bits per heavy atom. The molecule has 5 rings (SSSR count). The van der Waals surface area contributed by atoms with Gasteiger partial charge in [0.2, 0.25) is 0 Å². The molecule has 1 amide bonds. The van der Waals surface area contributed by atoms with Gasteiger partial charge in [0.05, 0.1) is 16.8 Å². The molecule has 1 aliphatic heterocycles. The second kappa shape index (κ2) is 9.76. The molecule has 0 bridgehead atoms. The second-order valence-corrected chi connectivity index (χ2v) is 8.22. The van der Waals surface area contributed by atoms with Gasteiger partial charge < -0.3 is 4.90 Å². The fraction of sp³-hybridized carbons (Fsp3) is 0.179. The number of hydrogen-bond acceptors (Lipinski definition) is 4. The van der Waals surface area contributed by atoms with Crippen molar-refractivity contribution in [1.29, 1.82) is 0 Å². The van der Waals surface area contributed by atoms with Gasteiger partial charge in [-0.3, -0.25) is 14.7 Å². The zero-order chi connectivity index (χ0) is 22.5. The normalized spacial score (nSPS) is 14.7. The molecule has 2 aromatic carbocycles. The Hall–Kier alpha value is -3.83. The van der Waals surface area contributed by atoms with Crippen molar-refractivity contribution in [3.63, 3.8) is 0 Å². The number of carbonyl (C=O) groups is 1. The Morgan fingerprint density at radius 2 is 1.70 bits per heavy atom. The van der Waals surface area contributed by atoms with Crippen LogP contribution in [0.25, 0.3) is 28.2 Å². The Kier molecular flexibility index (Phi) is 6.22. The molecule has 1 fully saturated rings. The van der Waals surface area contributed by atoms with Crippen LogP contribution < -0.4 is 0 Å². The van der Waals surface area contributed by atoms with E-state index in [0.29, 0.717) is 5.56 Å². The summed E-state index contributed by atoms with van der Waals surface area (Å²) >= 11 is 0. The maximum absolute atomic E-state index is 13.6. The van der Waals surface area contributed by atoms with Gasteiger partial charge in [0.1, 0.15) is 0 Å². The lowest BCUT2D eigenvalue weighted by molar-refractivity contribution is 0.0652. The van der Waals surface area contributed by atoms with Gasteiger partial charge in [-0.15, -0.1) is 0 Å². The Balaban J connectivity index is 1.31. The summed E-state index contributed by atoms with van der Waals surface area (Å²) < 4.78 is 0. The monoisotopic (exact) mass is 434 g/mol. The van der Waals surface area contributed by atoms with Gasteiger partial charge in [0, 0.05) is 56.1 Å². The molecular weight excluding hydrogens is 408 g/mol. The highest BCUT2D eigenvalue weighted by atomic mass is 16.2. The zero-order valence-corrected chi connectivity index (χ0v) is 18.5. The number of rotatable bonds is 5. The number of para-hydroxylation sites is 1. The van der Waals surface area contributed by atoms with Crippen LogP contribution in [0, 0.1) is 0 Å². The summed E-state index contributed by atoms with van der Waals surface area (Å²) in [5.74, 6) is 0.0678. The van der Waals surface area contributed by atoms with Gasteiger partial charge in [-0.05, 0) is 29.8 Å². The number of piperazine rings is 1. The molecule has 0 radical (unpaired) electrons. The van der Waals surface area contributed by atoms with Gasteiger partial charge in [0.25, 0.3) is 5.91 Å². The SMILES string of the molecule is O=C(c1cc(-c2cccnc2)nc2ccccc12)N1CCN(CC=Cc2ccccc2)CC1. The molecule has 0 saturated carbocycles. The highest BCUT2D eigenvalue weighted by molar-refractivity contribution is 6.07. The van der Waals surface area contributed by atoms with E-state index in [9.17, 15) is 4.79 Å². The molecule has 1 aliphatic rings. The Bertz CT molecular complexity index is 1260. The van der Waals surface area contributed by atoms with Crippen molar-refractivity contribution in [2.24, 2.45) is 0 Å². The maximum atomic E-state index is 13.6. The van der Waals surface area contributed by atoms with Crippen LogP contribution >= 0.6 is 0 Å². The van der Waals surface area contributed by atoms with Gasteiger partial charge in [-0.2, -0.15) is 0 Å². The highest BCUT2D eigenvalue weighted by Crippen LogP contribution is 2.25. The second-order valence-electron chi connectivity index (χ2n) is 8.22. The van der Waals surface area contributed by atoms with E-state index in [1.165, 1.54) is 5.56 Å². The van der Waals surface area contributed by atoms with E-state index in [1.54, 1.807) is 12.4 Å². The molecule has 164 valence electrons. The van der Waals surface area contributed by atoms with Crippen LogP contribution in [-0.2, 0) is 0 Å². The summed E-state index contributed by atoms with van der Waals surface area (Å²) in [4.78, 5) is 26.9. The minimum Gasteiger partial charge on any atom is -0.336 e. The van der Waals surface area contributed by atoms with E-state index in [-0.39, 0.29) is 5.91 Å². The third-order valence-electron chi connectivity index (χ3n) is 6.04. The summed E-state index contributed by atoms with van der Waals surface area (Å²) in [6.07, 6.45) is 7.88. The van der Waals surface area contributed by atoms with E-state index in [4.69, 9.17) is 4.98 Å². The van der Waals surface area contributed by atoms with E-state index in [0.717, 1.165) is 54.9 Å². The standard InChI is InChI=1S/C28H26N4O/c33-28(32-18-16-31(17-19-32)15-7-10-22-8-2-1-3-9-22)25-20-27(23-11-6-14-29-21-23)30-26-13-5-4-12-24(25)26/h1-14,20-21H,15-19H2. The quantitative estimate of drug-likeness (QED) is 0.454. The van der Waals surface area contributed by atoms with E-state index in [2.05, 4.69) is 34.2 Å². The average molecular weight is 435 g/mol. The van der Waals surface area contributed by atoms with E-state index < -0.39 is 0 Å². The number of hydrogen-bond donors (Lipinski definition) is 0. The first-order valence-electron chi connectivity index (χ1n) is 11.3. The van der Waals surface area contributed by atoms with Crippen LogP contribution in [0.15, 0.2) is 91.3 Å². The molecule has 5 nitrogen and oxygen atoms in total. The Labute approximate surface area is 194 Å². The third kappa shape index (κ3) is 4.83. The largest absolute Gasteiger partial charge is 0.336 e. The van der Waals surface area contributed by atoms with Gasteiger partial charge in [-0.25, -0.2) is 4.98 Å². The molecule has 0 N–H and O–H groups in total. The minimum atomic E-state index is 0.0678. The fourth-order valence-electron chi connectivity index (χ4n) is 4.22. The van der Waals surface area contributed by atoms with Crippen molar-refractivity contribution in [1.82, 2.24) is 19.8 Å². The molecule has 0 unspecified atom stereocenters. The third-order valence-corrected chi connectivity index (χ3v) is 6.04. The van der Waals surface area contributed by atoms with Gasteiger partial charge in [0.15, 0.2) is 0 Å². The molecule has 0 aliphatic carbocycles. The number of aromatic nitrogens is 2. The summed E-state index contributed by atoms with van der Waals surface area (Å²) in [6, 6.07) is 24.0. The molecule has 1 saturated heterocycles. The Morgan fingerprint density at radius 3 is 2.48 bits per heavy atom. The van der Waals surface area contributed by atoms with Crippen molar-refractivity contribution in [2.45, 2.75) is 0 Å². The predicted molar refractivity (Wildman–Crippen MR) is 133 cm³/mol. The summed E-state index contributed by atoms with van der Waals surface area (Å²) in [7, 11) is 0. The number of benzene rings is 2. The zero-order valence-electron chi connectivity index (χ0n) is 18.5. The molecule has 0 atom stereocenters. The molecule has 33 heavy (non-hydrogen) atoms. The first-order valence-corrected chi connectivity index (χ1v) is 11.3. The number of pyridine rings is 2. The minimum absolute atomic E-state index is 0.0678. The lowest BCUT2D eigenvalue weighted by atomic mass is 10.0.